The van der Waals surface area contributed by atoms with Crippen molar-refractivity contribution in [3.8, 4) is 5.69 Å². The van der Waals surface area contributed by atoms with Gasteiger partial charge in [-0.1, -0.05) is 6.07 Å². The molecule has 2 heterocycles. The first-order chi connectivity index (χ1) is 11.5. The number of carbonyl (C=O) groups is 2. The smallest absolute Gasteiger partial charge is 0.274 e. The second kappa shape index (κ2) is 6.82. The Morgan fingerprint density at radius 3 is 2.67 bits per heavy atom. The van der Waals surface area contributed by atoms with Gasteiger partial charge in [0.25, 0.3) is 5.91 Å². The van der Waals surface area contributed by atoms with Crippen molar-refractivity contribution in [1.82, 2.24) is 14.7 Å². The van der Waals surface area contributed by atoms with Crippen LogP contribution in [0.2, 0.25) is 0 Å². The van der Waals surface area contributed by atoms with Crippen LogP contribution >= 0.6 is 0 Å². The summed E-state index contributed by atoms with van der Waals surface area (Å²) in [6.07, 6.45) is 3.54. The summed E-state index contributed by atoms with van der Waals surface area (Å²) in [6.45, 7) is 1.17. The van der Waals surface area contributed by atoms with Crippen molar-refractivity contribution in [2.45, 2.75) is 19.3 Å². The van der Waals surface area contributed by atoms with E-state index in [0.29, 0.717) is 30.9 Å². The van der Waals surface area contributed by atoms with Gasteiger partial charge in [0, 0.05) is 25.7 Å². The molecule has 6 nitrogen and oxygen atoms in total. The minimum absolute atomic E-state index is 0.150. The van der Waals surface area contributed by atoms with E-state index in [1.54, 1.807) is 29.3 Å². The number of amides is 2. The molecule has 0 aliphatic carbocycles. The van der Waals surface area contributed by atoms with E-state index in [-0.39, 0.29) is 23.5 Å². The Kier molecular flexibility index (Phi) is 4.59. The van der Waals surface area contributed by atoms with Gasteiger partial charge in [-0.15, -0.1) is 0 Å². The van der Waals surface area contributed by atoms with Crippen LogP contribution in [0.1, 0.15) is 29.8 Å². The number of rotatable bonds is 4. The lowest BCUT2D eigenvalue weighted by Gasteiger charge is -2.31. The van der Waals surface area contributed by atoms with Crippen molar-refractivity contribution in [1.29, 1.82) is 0 Å². The molecular formula is C17H19FN4O2. The number of halogens is 1. The molecule has 24 heavy (non-hydrogen) atoms. The van der Waals surface area contributed by atoms with Crippen LogP contribution in [0, 0.1) is 11.7 Å². The highest BCUT2D eigenvalue weighted by Crippen LogP contribution is 2.21. The molecule has 2 aromatic rings. The number of hydrogen-bond acceptors (Lipinski definition) is 3. The van der Waals surface area contributed by atoms with E-state index in [9.17, 15) is 14.0 Å². The van der Waals surface area contributed by atoms with E-state index < -0.39 is 0 Å². The van der Waals surface area contributed by atoms with Crippen LogP contribution in [0.25, 0.3) is 5.69 Å². The molecule has 0 radical (unpaired) electrons. The normalized spacial score (nSPS) is 15.5. The van der Waals surface area contributed by atoms with Gasteiger partial charge in [0.2, 0.25) is 5.91 Å². The van der Waals surface area contributed by atoms with Crippen LogP contribution in [-0.4, -0.2) is 39.6 Å². The molecular weight excluding hydrogens is 311 g/mol. The monoisotopic (exact) mass is 330 g/mol. The number of nitrogens with zero attached hydrogens (tertiary/aromatic N) is 3. The van der Waals surface area contributed by atoms with E-state index in [0.717, 1.165) is 12.8 Å². The van der Waals surface area contributed by atoms with Crippen LogP contribution in [0.15, 0.2) is 36.5 Å². The summed E-state index contributed by atoms with van der Waals surface area (Å²) in [5, 5.41) is 4.25. The van der Waals surface area contributed by atoms with Crippen LogP contribution < -0.4 is 5.73 Å². The molecule has 1 aliphatic rings. The number of nitrogens with two attached hydrogens (primary N) is 1. The fraction of sp³-hybridized carbons (Fsp3) is 0.353. The Labute approximate surface area is 139 Å². The Hall–Kier alpha value is -2.70. The maximum atomic E-state index is 13.3. The standard InChI is InChI=1S/C17H19FN4O2/c18-13-2-1-3-14(11-13)22-9-6-15(20-22)17(24)21-7-4-12(5-8-21)10-16(19)23/h1-3,6,9,11-12H,4-5,7-8,10H2,(H2,19,23). The largest absolute Gasteiger partial charge is 0.370 e. The van der Waals surface area contributed by atoms with Crippen molar-refractivity contribution >= 4 is 11.8 Å². The molecule has 126 valence electrons. The number of likely N-dealkylation sites (tertiary alicyclic amines) is 1. The third-order valence-corrected chi connectivity index (χ3v) is 4.27. The molecule has 1 fully saturated rings. The van der Waals surface area contributed by atoms with E-state index in [1.807, 2.05) is 0 Å². The van der Waals surface area contributed by atoms with Crippen molar-refractivity contribution < 1.29 is 14.0 Å². The van der Waals surface area contributed by atoms with Gasteiger partial charge in [-0.05, 0) is 43.0 Å². The minimum atomic E-state index is -0.354. The van der Waals surface area contributed by atoms with Crippen molar-refractivity contribution in [2.75, 3.05) is 13.1 Å². The molecule has 0 unspecified atom stereocenters. The third-order valence-electron chi connectivity index (χ3n) is 4.27. The van der Waals surface area contributed by atoms with Crippen LogP contribution in [0.5, 0.6) is 0 Å². The average Bonchev–Trinajstić information content (AvgIpc) is 3.04. The molecule has 0 atom stereocenters. The highest BCUT2D eigenvalue weighted by molar-refractivity contribution is 5.92. The van der Waals surface area contributed by atoms with Gasteiger partial charge in [-0.3, -0.25) is 9.59 Å². The number of benzene rings is 1. The highest BCUT2D eigenvalue weighted by atomic mass is 19.1. The lowest BCUT2D eigenvalue weighted by molar-refractivity contribution is -0.119. The van der Waals surface area contributed by atoms with E-state index in [4.69, 9.17) is 5.73 Å². The fourth-order valence-corrected chi connectivity index (χ4v) is 2.99. The topological polar surface area (TPSA) is 81.2 Å². The summed E-state index contributed by atoms with van der Waals surface area (Å²) in [6, 6.07) is 7.66. The second-order valence-corrected chi connectivity index (χ2v) is 6.03. The fourth-order valence-electron chi connectivity index (χ4n) is 2.99. The van der Waals surface area contributed by atoms with E-state index in [1.165, 1.54) is 16.8 Å². The maximum absolute atomic E-state index is 13.3. The Balaban J connectivity index is 1.65. The molecule has 2 amide bonds. The molecule has 7 heteroatoms. The SMILES string of the molecule is NC(=O)CC1CCN(C(=O)c2ccn(-c3cccc(F)c3)n2)CC1. The second-order valence-electron chi connectivity index (χ2n) is 6.03. The van der Waals surface area contributed by atoms with Gasteiger partial charge in [-0.25, -0.2) is 9.07 Å². The zero-order chi connectivity index (χ0) is 17.1. The summed E-state index contributed by atoms with van der Waals surface area (Å²) in [4.78, 5) is 25.2. The zero-order valence-electron chi connectivity index (χ0n) is 13.2. The van der Waals surface area contributed by atoms with E-state index in [2.05, 4.69) is 5.10 Å². The summed E-state index contributed by atoms with van der Waals surface area (Å²) in [7, 11) is 0. The molecule has 1 aliphatic heterocycles. The lowest BCUT2D eigenvalue weighted by Crippen LogP contribution is -2.39. The first-order valence-electron chi connectivity index (χ1n) is 7.92. The van der Waals surface area contributed by atoms with Gasteiger partial charge in [0.1, 0.15) is 5.82 Å². The molecule has 3 rings (SSSR count). The molecule has 0 bridgehead atoms. The Bertz CT molecular complexity index is 751. The van der Waals surface area contributed by atoms with Crippen molar-refractivity contribution in [3.63, 3.8) is 0 Å². The molecule has 1 aromatic heterocycles. The predicted molar refractivity (Wildman–Crippen MR) is 86.0 cm³/mol. The number of piperidine rings is 1. The maximum Gasteiger partial charge on any atom is 0.274 e. The summed E-state index contributed by atoms with van der Waals surface area (Å²) in [5.74, 6) is -0.555. The van der Waals surface area contributed by atoms with Crippen LogP contribution in [0.4, 0.5) is 4.39 Å². The van der Waals surface area contributed by atoms with Gasteiger partial charge in [0.15, 0.2) is 5.69 Å². The van der Waals surface area contributed by atoms with Gasteiger partial charge in [0.05, 0.1) is 5.69 Å². The Morgan fingerprint density at radius 2 is 2.00 bits per heavy atom. The van der Waals surface area contributed by atoms with Crippen LogP contribution in [0.3, 0.4) is 0 Å². The number of aromatic nitrogens is 2. The predicted octanol–water partition coefficient (Wildman–Crippen LogP) is 1.74. The Morgan fingerprint density at radius 1 is 1.25 bits per heavy atom. The van der Waals surface area contributed by atoms with Crippen molar-refractivity contribution in [3.05, 3.63) is 48.0 Å². The summed E-state index contributed by atoms with van der Waals surface area (Å²) in [5.41, 5.74) is 6.11. The van der Waals surface area contributed by atoms with Gasteiger partial charge < -0.3 is 10.6 Å². The average molecular weight is 330 g/mol. The highest BCUT2D eigenvalue weighted by Gasteiger charge is 2.25. The number of hydrogen-bond donors (Lipinski definition) is 1. The summed E-state index contributed by atoms with van der Waals surface area (Å²) >= 11 is 0. The molecule has 1 saturated heterocycles. The number of carbonyl (C=O) groups excluding carboxylic acids is 2. The van der Waals surface area contributed by atoms with Crippen LogP contribution in [-0.2, 0) is 4.79 Å². The number of primary amides is 1. The molecule has 0 saturated carbocycles. The molecule has 1 aromatic carbocycles. The minimum Gasteiger partial charge on any atom is -0.370 e. The lowest BCUT2D eigenvalue weighted by atomic mass is 9.93. The third kappa shape index (κ3) is 3.61. The van der Waals surface area contributed by atoms with Gasteiger partial charge in [-0.2, -0.15) is 5.10 Å². The zero-order valence-corrected chi connectivity index (χ0v) is 13.2. The van der Waals surface area contributed by atoms with E-state index >= 15 is 0 Å². The first-order valence-corrected chi connectivity index (χ1v) is 7.92. The quantitative estimate of drug-likeness (QED) is 0.927. The molecule has 0 spiro atoms. The van der Waals surface area contributed by atoms with Gasteiger partial charge >= 0.3 is 0 Å². The summed E-state index contributed by atoms with van der Waals surface area (Å²) < 4.78 is 14.8. The first kappa shape index (κ1) is 16.2. The van der Waals surface area contributed by atoms with Crippen molar-refractivity contribution in [2.24, 2.45) is 11.7 Å². The molecule has 2 N–H and O–H groups in total.